The van der Waals surface area contributed by atoms with E-state index in [1.807, 2.05) is 0 Å². The van der Waals surface area contributed by atoms with E-state index < -0.39 is 0 Å². The molecule has 0 spiro atoms. The lowest BCUT2D eigenvalue weighted by molar-refractivity contribution is 0.513. The number of thioether (sulfide) groups is 1. The summed E-state index contributed by atoms with van der Waals surface area (Å²) < 4.78 is 0. The molecule has 1 atom stereocenters. The molecule has 0 aliphatic heterocycles. The summed E-state index contributed by atoms with van der Waals surface area (Å²) >= 11 is 5.75. The van der Waals surface area contributed by atoms with Gasteiger partial charge in [0.15, 0.2) is 0 Å². The van der Waals surface area contributed by atoms with Crippen LogP contribution in [0.2, 0.25) is 0 Å². The predicted molar refractivity (Wildman–Crippen MR) is 71.5 cm³/mol. The van der Waals surface area contributed by atoms with Crippen molar-refractivity contribution in [1.29, 1.82) is 0 Å². The largest absolute Gasteiger partial charge is 0.159 e. The quantitative estimate of drug-likeness (QED) is 0.625. The summed E-state index contributed by atoms with van der Waals surface area (Å²) in [6, 6.07) is 0. The van der Waals surface area contributed by atoms with Crippen LogP contribution in [0.1, 0.15) is 51.9 Å². The molecule has 0 nitrogen and oxygen atoms in total. The molecule has 1 rings (SSSR count). The van der Waals surface area contributed by atoms with Crippen LogP contribution in [0, 0.1) is 5.92 Å². The van der Waals surface area contributed by atoms with Crippen LogP contribution in [-0.2, 0) is 0 Å². The highest BCUT2D eigenvalue weighted by Crippen LogP contribution is 2.29. The van der Waals surface area contributed by atoms with E-state index in [9.17, 15) is 0 Å². The number of hydrogen-bond donors (Lipinski definition) is 0. The lowest BCUT2D eigenvalue weighted by atomic mass is 10.0. The summed E-state index contributed by atoms with van der Waals surface area (Å²) in [5.74, 6) is 2.30. The molecule has 0 saturated heterocycles. The molecule has 1 fully saturated rings. The van der Waals surface area contributed by atoms with E-state index in [1.165, 1.54) is 56.0 Å². The number of rotatable bonds is 6. The Morgan fingerprint density at radius 2 is 1.93 bits per heavy atom. The van der Waals surface area contributed by atoms with Gasteiger partial charge in [-0.05, 0) is 37.4 Å². The standard InChI is InChI=1S/C12H23BrS/c1-11(7-9-13)8-10-14-12-5-3-2-4-6-12/h11-12H,2-10H2,1H3. The Balaban J connectivity index is 1.96. The van der Waals surface area contributed by atoms with E-state index in [4.69, 9.17) is 0 Å². The third-order valence-corrected chi connectivity index (χ3v) is 4.99. The van der Waals surface area contributed by atoms with Crippen LogP contribution in [0.5, 0.6) is 0 Å². The maximum absolute atomic E-state index is 3.51. The SMILES string of the molecule is CC(CCBr)CCSC1CCCCC1. The van der Waals surface area contributed by atoms with Gasteiger partial charge < -0.3 is 0 Å². The van der Waals surface area contributed by atoms with Gasteiger partial charge in [0.1, 0.15) is 0 Å². The third kappa shape index (κ3) is 5.65. The predicted octanol–water partition coefficient (Wildman–Crippen LogP) is 4.86. The zero-order chi connectivity index (χ0) is 10.2. The molecule has 0 bridgehead atoms. The van der Waals surface area contributed by atoms with Crippen molar-refractivity contribution in [3.63, 3.8) is 0 Å². The molecule has 1 saturated carbocycles. The Hall–Kier alpha value is 0.830. The average molecular weight is 279 g/mol. The number of halogens is 1. The molecule has 0 N–H and O–H groups in total. The summed E-state index contributed by atoms with van der Waals surface area (Å²) in [6.45, 7) is 2.38. The highest BCUT2D eigenvalue weighted by atomic mass is 79.9. The molecule has 0 radical (unpaired) electrons. The van der Waals surface area contributed by atoms with Gasteiger partial charge >= 0.3 is 0 Å². The first-order valence-electron chi connectivity index (χ1n) is 6.00. The molecule has 84 valence electrons. The third-order valence-electron chi connectivity index (χ3n) is 3.12. The van der Waals surface area contributed by atoms with Crippen LogP contribution in [0.3, 0.4) is 0 Å². The average Bonchev–Trinajstić information content (AvgIpc) is 2.20. The minimum absolute atomic E-state index is 0.908. The molecule has 1 aliphatic rings. The van der Waals surface area contributed by atoms with Crippen molar-refractivity contribution in [2.45, 2.75) is 57.1 Å². The Bertz CT molecular complexity index is 132. The van der Waals surface area contributed by atoms with E-state index in [1.54, 1.807) is 0 Å². The highest BCUT2D eigenvalue weighted by molar-refractivity contribution is 9.09. The van der Waals surface area contributed by atoms with Gasteiger partial charge in [-0.1, -0.05) is 42.1 Å². The van der Waals surface area contributed by atoms with Crippen molar-refractivity contribution >= 4 is 27.7 Å². The van der Waals surface area contributed by atoms with Gasteiger partial charge in [-0.2, -0.15) is 11.8 Å². The molecule has 0 aromatic rings. The van der Waals surface area contributed by atoms with Gasteiger partial charge in [0.05, 0.1) is 0 Å². The lowest BCUT2D eigenvalue weighted by Crippen LogP contribution is -2.09. The zero-order valence-electron chi connectivity index (χ0n) is 9.30. The van der Waals surface area contributed by atoms with Crippen molar-refractivity contribution in [2.75, 3.05) is 11.1 Å². The molecule has 1 unspecified atom stereocenters. The summed E-state index contributed by atoms with van der Waals surface area (Å²) in [4.78, 5) is 0. The Labute approximate surface area is 102 Å². The molecule has 14 heavy (non-hydrogen) atoms. The lowest BCUT2D eigenvalue weighted by Gasteiger charge is -2.21. The smallest absolute Gasteiger partial charge is 0.00470 e. The number of hydrogen-bond acceptors (Lipinski definition) is 1. The van der Waals surface area contributed by atoms with Crippen molar-refractivity contribution in [2.24, 2.45) is 5.92 Å². The minimum atomic E-state index is 0.908. The van der Waals surface area contributed by atoms with Crippen LogP contribution in [0.4, 0.5) is 0 Å². The summed E-state index contributed by atoms with van der Waals surface area (Å²) in [7, 11) is 0. The fourth-order valence-electron chi connectivity index (χ4n) is 2.00. The second kappa shape index (κ2) is 8.04. The van der Waals surface area contributed by atoms with E-state index in [2.05, 4.69) is 34.6 Å². The first-order valence-corrected chi connectivity index (χ1v) is 8.17. The van der Waals surface area contributed by atoms with Gasteiger partial charge in [0, 0.05) is 10.6 Å². The number of alkyl halides is 1. The molecule has 0 amide bonds. The van der Waals surface area contributed by atoms with Crippen molar-refractivity contribution < 1.29 is 0 Å². The fourth-order valence-corrected chi connectivity index (χ4v) is 4.32. The van der Waals surface area contributed by atoms with E-state index in [0.717, 1.165) is 11.2 Å². The van der Waals surface area contributed by atoms with Crippen LogP contribution in [-0.4, -0.2) is 16.3 Å². The summed E-state index contributed by atoms with van der Waals surface area (Å²) in [5.41, 5.74) is 0. The molecular formula is C12H23BrS. The second-order valence-electron chi connectivity index (χ2n) is 4.50. The normalized spacial score (nSPS) is 21.0. The van der Waals surface area contributed by atoms with Crippen LogP contribution < -0.4 is 0 Å². The first-order chi connectivity index (χ1) is 6.83. The molecule has 2 heteroatoms. The monoisotopic (exact) mass is 278 g/mol. The molecule has 0 aromatic carbocycles. The Morgan fingerprint density at radius 1 is 1.21 bits per heavy atom. The van der Waals surface area contributed by atoms with Gasteiger partial charge in [0.25, 0.3) is 0 Å². The van der Waals surface area contributed by atoms with Crippen molar-refractivity contribution in [3.8, 4) is 0 Å². The zero-order valence-corrected chi connectivity index (χ0v) is 11.7. The van der Waals surface area contributed by atoms with Crippen LogP contribution in [0.25, 0.3) is 0 Å². The highest BCUT2D eigenvalue weighted by Gasteiger charge is 2.13. The van der Waals surface area contributed by atoms with Gasteiger partial charge in [-0.3, -0.25) is 0 Å². The maximum Gasteiger partial charge on any atom is 0.00470 e. The summed E-state index contributed by atoms with van der Waals surface area (Å²) in [5, 5.41) is 2.17. The topological polar surface area (TPSA) is 0 Å². The van der Waals surface area contributed by atoms with Gasteiger partial charge in [-0.25, -0.2) is 0 Å². The second-order valence-corrected chi connectivity index (χ2v) is 6.70. The van der Waals surface area contributed by atoms with E-state index >= 15 is 0 Å². The molecule has 0 aromatic heterocycles. The molecule has 0 heterocycles. The Morgan fingerprint density at radius 3 is 2.57 bits per heavy atom. The fraction of sp³-hybridized carbons (Fsp3) is 1.00. The first kappa shape index (κ1) is 12.9. The summed E-state index contributed by atoms with van der Waals surface area (Å²) in [6.07, 6.45) is 10.2. The van der Waals surface area contributed by atoms with E-state index in [-0.39, 0.29) is 0 Å². The minimum Gasteiger partial charge on any atom is -0.159 e. The van der Waals surface area contributed by atoms with Gasteiger partial charge in [0.2, 0.25) is 0 Å². The Kier molecular flexibility index (Phi) is 7.40. The maximum atomic E-state index is 3.51. The van der Waals surface area contributed by atoms with Crippen LogP contribution in [0.15, 0.2) is 0 Å². The molecular weight excluding hydrogens is 256 g/mol. The van der Waals surface area contributed by atoms with Crippen molar-refractivity contribution in [1.82, 2.24) is 0 Å². The van der Waals surface area contributed by atoms with Crippen molar-refractivity contribution in [3.05, 3.63) is 0 Å². The van der Waals surface area contributed by atoms with E-state index in [0.29, 0.717) is 0 Å². The van der Waals surface area contributed by atoms with Gasteiger partial charge in [-0.15, -0.1) is 0 Å². The van der Waals surface area contributed by atoms with Crippen LogP contribution >= 0.6 is 27.7 Å². The molecule has 1 aliphatic carbocycles.